The zero-order chi connectivity index (χ0) is 16.3. The van der Waals surface area contributed by atoms with Crippen LogP contribution < -0.4 is 0 Å². The molecular weight excluding hydrogens is 252 g/mol. The molecule has 0 saturated heterocycles. The van der Waals surface area contributed by atoms with Gasteiger partial charge in [0.2, 0.25) is 0 Å². The maximum Gasteiger partial charge on any atom is -0.0414 e. The van der Waals surface area contributed by atoms with Crippen LogP contribution in [0, 0.1) is 29.6 Å². The Morgan fingerprint density at radius 2 is 1.14 bits per heavy atom. The van der Waals surface area contributed by atoms with Crippen molar-refractivity contribution in [2.45, 2.75) is 106 Å². The molecule has 0 aromatic heterocycles. The van der Waals surface area contributed by atoms with Gasteiger partial charge in [0.25, 0.3) is 0 Å². The van der Waals surface area contributed by atoms with Crippen LogP contribution in [0.1, 0.15) is 106 Å². The second-order valence-electron chi connectivity index (χ2n) is 8.22. The van der Waals surface area contributed by atoms with Crippen LogP contribution in [0.4, 0.5) is 0 Å². The summed E-state index contributed by atoms with van der Waals surface area (Å²) in [6.45, 7) is 16.9. The second kappa shape index (κ2) is 12.5. The Kier molecular flexibility index (Phi) is 12.5. The Labute approximate surface area is 136 Å². The summed E-state index contributed by atoms with van der Waals surface area (Å²) in [4.78, 5) is 0. The Balaban J connectivity index is 3.71. The molecule has 0 amide bonds. The Morgan fingerprint density at radius 3 is 1.71 bits per heavy atom. The molecule has 0 fully saturated rings. The second-order valence-corrected chi connectivity index (χ2v) is 8.22. The van der Waals surface area contributed by atoms with Crippen LogP contribution in [0.2, 0.25) is 0 Å². The lowest BCUT2D eigenvalue weighted by atomic mass is 9.83. The predicted octanol–water partition coefficient (Wildman–Crippen LogP) is 7.72. The Morgan fingerprint density at radius 1 is 0.571 bits per heavy atom. The first kappa shape index (κ1) is 21.0. The molecule has 5 atom stereocenters. The van der Waals surface area contributed by atoms with E-state index in [-0.39, 0.29) is 0 Å². The van der Waals surface area contributed by atoms with Gasteiger partial charge in [-0.3, -0.25) is 0 Å². The smallest absolute Gasteiger partial charge is 0.0414 e. The van der Waals surface area contributed by atoms with E-state index in [0.717, 1.165) is 29.6 Å². The fourth-order valence-electron chi connectivity index (χ4n) is 3.69. The molecule has 5 unspecified atom stereocenters. The summed E-state index contributed by atoms with van der Waals surface area (Å²) >= 11 is 0. The minimum atomic E-state index is 0.907. The average Bonchev–Trinajstić information content (AvgIpc) is 2.43. The van der Waals surface area contributed by atoms with E-state index in [1.165, 1.54) is 57.8 Å². The molecule has 0 aromatic carbocycles. The van der Waals surface area contributed by atoms with Crippen molar-refractivity contribution < 1.29 is 0 Å². The van der Waals surface area contributed by atoms with Gasteiger partial charge in [0.1, 0.15) is 0 Å². The van der Waals surface area contributed by atoms with E-state index in [0.29, 0.717) is 0 Å². The van der Waals surface area contributed by atoms with Gasteiger partial charge < -0.3 is 0 Å². The first-order valence-corrected chi connectivity index (χ1v) is 9.90. The lowest BCUT2D eigenvalue weighted by Gasteiger charge is -2.23. The summed E-state index contributed by atoms with van der Waals surface area (Å²) in [5, 5.41) is 0. The fourth-order valence-corrected chi connectivity index (χ4v) is 3.69. The van der Waals surface area contributed by atoms with E-state index >= 15 is 0 Å². The quantitative estimate of drug-likeness (QED) is 0.305. The molecule has 0 bridgehead atoms. The molecular formula is C21H44. The molecule has 0 aliphatic heterocycles. The van der Waals surface area contributed by atoms with Crippen LogP contribution in [0.3, 0.4) is 0 Å². The number of unbranched alkanes of at least 4 members (excludes halogenated alkanes) is 1. The summed E-state index contributed by atoms with van der Waals surface area (Å²) in [6, 6.07) is 0. The third kappa shape index (κ3) is 11.2. The summed E-state index contributed by atoms with van der Waals surface area (Å²) in [7, 11) is 0. The number of hydrogen-bond acceptors (Lipinski definition) is 0. The molecule has 0 radical (unpaired) electrons. The van der Waals surface area contributed by atoms with Gasteiger partial charge in [0, 0.05) is 0 Å². The minimum Gasteiger partial charge on any atom is -0.0654 e. The van der Waals surface area contributed by atoms with Gasteiger partial charge >= 0.3 is 0 Å². The van der Waals surface area contributed by atoms with Crippen LogP contribution in [-0.4, -0.2) is 0 Å². The molecule has 0 aromatic rings. The van der Waals surface area contributed by atoms with Crippen LogP contribution in [0.25, 0.3) is 0 Å². The standard InChI is InChI=1S/C21H44/c1-8-12-18(4)16-21(7)20(6)14-11-10-13-19(5)15-17(3)9-2/h17-21H,8-16H2,1-7H3. The molecule has 128 valence electrons. The van der Waals surface area contributed by atoms with E-state index in [9.17, 15) is 0 Å². The average molecular weight is 297 g/mol. The Hall–Kier alpha value is 0. The van der Waals surface area contributed by atoms with Gasteiger partial charge in [-0.1, -0.05) is 93.4 Å². The van der Waals surface area contributed by atoms with Crippen LogP contribution in [0.5, 0.6) is 0 Å². The zero-order valence-electron chi connectivity index (χ0n) is 16.3. The van der Waals surface area contributed by atoms with E-state index in [4.69, 9.17) is 0 Å². The third-order valence-corrected chi connectivity index (χ3v) is 5.64. The molecule has 21 heavy (non-hydrogen) atoms. The highest BCUT2D eigenvalue weighted by Gasteiger charge is 2.15. The normalized spacial score (nSPS) is 19.0. The first-order valence-electron chi connectivity index (χ1n) is 9.90. The lowest BCUT2D eigenvalue weighted by molar-refractivity contribution is 0.281. The maximum atomic E-state index is 2.48. The SMILES string of the molecule is CCCC(C)CC(C)C(C)CCCCC(C)CC(C)CC. The van der Waals surface area contributed by atoms with Gasteiger partial charge in [-0.25, -0.2) is 0 Å². The summed E-state index contributed by atoms with van der Waals surface area (Å²) in [5.41, 5.74) is 0. The predicted molar refractivity (Wildman–Crippen MR) is 98.7 cm³/mol. The van der Waals surface area contributed by atoms with Gasteiger partial charge in [0.05, 0.1) is 0 Å². The molecule has 0 spiro atoms. The Bertz CT molecular complexity index is 220. The third-order valence-electron chi connectivity index (χ3n) is 5.64. The van der Waals surface area contributed by atoms with Crippen molar-refractivity contribution in [1.82, 2.24) is 0 Å². The molecule has 0 N–H and O–H groups in total. The molecule has 0 aliphatic rings. The van der Waals surface area contributed by atoms with Crippen LogP contribution in [0.15, 0.2) is 0 Å². The van der Waals surface area contributed by atoms with Crippen LogP contribution >= 0.6 is 0 Å². The summed E-state index contributed by atoms with van der Waals surface area (Å²) < 4.78 is 0. The molecule has 0 heterocycles. The molecule has 0 rings (SSSR count). The maximum absolute atomic E-state index is 2.48. The van der Waals surface area contributed by atoms with Crippen molar-refractivity contribution >= 4 is 0 Å². The van der Waals surface area contributed by atoms with Gasteiger partial charge in [0.15, 0.2) is 0 Å². The largest absolute Gasteiger partial charge is 0.0654 e. The van der Waals surface area contributed by atoms with E-state index in [1.54, 1.807) is 0 Å². The van der Waals surface area contributed by atoms with Crippen molar-refractivity contribution in [2.24, 2.45) is 29.6 Å². The van der Waals surface area contributed by atoms with E-state index in [1.807, 2.05) is 0 Å². The number of hydrogen-bond donors (Lipinski definition) is 0. The zero-order valence-corrected chi connectivity index (χ0v) is 16.3. The van der Waals surface area contributed by atoms with Crippen LogP contribution in [-0.2, 0) is 0 Å². The van der Waals surface area contributed by atoms with Crippen molar-refractivity contribution in [2.75, 3.05) is 0 Å². The van der Waals surface area contributed by atoms with Gasteiger partial charge in [-0.05, 0) is 42.4 Å². The van der Waals surface area contributed by atoms with Crippen molar-refractivity contribution in [3.63, 3.8) is 0 Å². The molecule has 0 saturated carbocycles. The van der Waals surface area contributed by atoms with Gasteiger partial charge in [-0.2, -0.15) is 0 Å². The van der Waals surface area contributed by atoms with E-state index in [2.05, 4.69) is 48.5 Å². The summed E-state index contributed by atoms with van der Waals surface area (Å²) in [6.07, 6.45) is 12.7. The molecule has 0 nitrogen and oxygen atoms in total. The van der Waals surface area contributed by atoms with E-state index < -0.39 is 0 Å². The monoisotopic (exact) mass is 296 g/mol. The topological polar surface area (TPSA) is 0 Å². The highest BCUT2D eigenvalue weighted by molar-refractivity contribution is 4.67. The fraction of sp³-hybridized carbons (Fsp3) is 1.00. The van der Waals surface area contributed by atoms with Gasteiger partial charge in [-0.15, -0.1) is 0 Å². The highest BCUT2D eigenvalue weighted by Crippen LogP contribution is 2.27. The molecule has 0 aliphatic carbocycles. The summed E-state index contributed by atoms with van der Waals surface area (Å²) in [5.74, 6) is 4.58. The van der Waals surface area contributed by atoms with Crippen molar-refractivity contribution in [3.8, 4) is 0 Å². The first-order chi connectivity index (χ1) is 9.90. The minimum absolute atomic E-state index is 0.907. The molecule has 0 heteroatoms. The lowest BCUT2D eigenvalue weighted by Crippen LogP contribution is -2.12. The van der Waals surface area contributed by atoms with Crippen molar-refractivity contribution in [3.05, 3.63) is 0 Å². The highest BCUT2D eigenvalue weighted by atomic mass is 14.2. The number of rotatable bonds is 13. The van der Waals surface area contributed by atoms with Crippen molar-refractivity contribution in [1.29, 1.82) is 0 Å².